The molecule has 1 aromatic rings. The summed E-state index contributed by atoms with van der Waals surface area (Å²) in [7, 11) is -3.35. The van der Waals surface area contributed by atoms with Gasteiger partial charge in [0.1, 0.15) is 0 Å². The Balaban J connectivity index is 1.91. The average molecular weight is 300 g/mol. The number of hydrogen-bond donors (Lipinski definition) is 2. The lowest BCUT2D eigenvalue weighted by Crippen LogP contribution is -2.26. The van der Waals surface area contributed by atoms with Crippen molar-refractivity contribution in [2.75, 3.05) is 18.6 Å². The van der Waals surface area contributed by atoms with Gasteiger partial charge < -0.3 is 5.32 Å². The lowest BCUT2D eigenvalue weighted by molar-refractivity contribution is 0.584. The lowest BCUT2D eigenvalue weighted by atomic mass is 10.2. The van der Waals surface area contributed by atoms with E-state index in [1.54, 1.807) is 23.9 Å². The van der Waals surface area contributed by atoms with Gasteiger partial charge in [-0.05, 0) is 36.8 Å². The van der Waals surface area contributed by atoms with E-state index >= 15 is 0 Å². The molecular formula is C13H20N2O2S2. The number of nitrogens with one attached hydrogen (secondary N) is 2. The van der Waals surface area contributed by atoms with E-state index in [1.165, 1.54) is 12.8 Å². The number of sulfonamides is 1. The number of hydrogen-bond acceptors (Lipinski definition) is 4. The third kappa shape index (κ3) is 4.80. The summed E-state index contributed by atoms with van der Waals surface area (Å²) in [5.74, 6) is 0.780. The highest BCUT2D eigenvalue weighted by Gasteiger charge is 2.20. The third-order valence-corrected chi connectivity index (χ3v) is 5.09. The lowest BCUT2D eigenvalue weighted by Gasteiger charge is -2.07. The predicted molar refractivity (Wildman–Crippen MR) is 79.9 cm³/mol. The Labute approximate surface area is 119 Å². The van der Waals surface area contributed by atoms with Crippen molar-refractivity contribution in [3.8, 4) is 0 Å². The predicted octanol–water partition coefficient (Wildman–Crippen LogP) is 1.58. The molecule has 0 bridgehead atoms. The van der Waals surface area contributed by atoms with Crippen LogP contribution in [0.4, 0.5) is 0 Å². The Kier molecular flexibility index (Phi) is 5.27. The van der Waals surface area contributed by atoms with Crippen LogP contribution in [0.2, 0.25) is 0 Å². The Morgan fingerprint density at radius 2 is 1.95 bits per heavy atom. The fourth-order valence-corrected chi connectivity index (χ4v) is 3.16. The van der Waals surface area contributed by atoms with Crippen molar-refractivity contribution in [3.63, 3.8) is 0 Å². The van der Waals surface area contributed by atoms with Crippen molar-refractivity contribution in [2.45, 2.75) is 30.3 Å². The summed E-state index contributed by atoms with van der Waals surface area (Å²) in [5.41, 5.74) is 1.12. The molecule has 0 spiro atoms. The van der Waals surface area contributed by atoms with Crippen LogP contribution in [0.3, 0.4) is 0 Å². The number of benzene rings is 1. The van der Waals surface area contributed by atoms with Crippen molar-refractivity contribution in [1.82, 2.24) is 10.0 Å². The fourth-order valence-electron chi connectivity index (χ4n) is 1.70. The standard InChI is InChI=1S/C13H20N2O2S2/c1-18-9-8-15-19(16,17)13-6-2-11(3-7-13)10-14-12-4-5-12/h2-3,6-7,12,14-15H,4-5,8-10H2,1H3. The van der Waals surface area contributed by atoms with Gasteiger partial charge in [0.25, 0.3) is 0 Å². The smallest absolute Gasteiger partial charge is 0.240 e. The Hall–Kier alpha value is -0.560. The Morgan fingerprint density at radius 1 is 1.26 bits per heavy atom. The summed E-state index contributed by atoms with van der Waals surface area (Å²) >= 11 is 1.62. The molecule has 0 heterocycles. The first-order valence-corrected chi connectivity index (χ1v) is 9.30. The van der Waals surface area contributed by atoms with E-state index in [4.69, 9.17) is 0 Å². The first-order valence-electron chi connectivity index (χ1n) is 6.43. The van der Waals surface area contributed by atoms with E-state index in [-0.39, 0.29) is 0 Å². The third-order valence-electron chi connectivity index (χ3n) is 3.00. The van der Waals surface area contributed by atoms with Gasteiger partial charge in [-0.1, -0.05) is 12.1 Å². The van der Waals surface area contributed by atoms with Crippen molar-refractivity contribution in [3.05, 3.63) is 29.8 Å². The van der Waals surface area contributed by atoms with Gasteiger partial charge >= 0.3 is 0 Å². The van der Waals surface area contributed by atoms with Crippen LogP contribution in [-0.4, -0.2) is 33.0 Å². The first kappa shape index (κ1) is 14.8. The Bertz CT molecular complexity index is 496. The minimum atomic E-state index is -3.35. The molecule has 1 saturated carbocycles. The molecule has 0 radical (unpaired) electrons. The maximum atomic E-state index is 12.0. The van der Waals surface area contributed by atoms with Gasteiger partial charge in [-0.15, -0.1) is 0 Å². The SMILES string of the molecule is CSCCNS(=O)(=O)c1ccc(CNC2CC2)cc1. The minimum absolute atomic E-state index is 0.337. The summed E-state index contributed by atoms with van der Waals surface area (Å²) < 4.78 is 26.5. The normalized spacial score (nSPS) is 15.6. The summed E-state index contributed by atoms with van der Waals surface area (Å²) in [6.07, 6.45) is 4.47. The van der Waals surface area contributed by atoms with E-state index in [0.717, 1.165) is 17.9 Å². The van der Waals surface area contributed by atoms with Gasteiger partial charge in [0, 0.05) is 24.9 Å². The van der Waals surface area contributed by atoms with Crippen LogP contribution in [-0.2, 0) is 16.6 Å². The van der Waals surface area contributed by atoms with Crippen LogP contribution in [0.1, 0.15) is 18.4 Å². The highest BCUT2D eigenvalue weighted by atomic mass is 32.2. The molecule has 0 saturated heterocycles. The molecule has 1 aliphatic carbocycles. The molecule has 1 aromatic carbocycles. The molecule has 0 aliphatic heterocycles. The van der Waals surface area contributed by atoms with Crippen LogP contribution in [0, 0.1) is 0 Å². The number of rotatable bonds is 8. The molecule has 0 amide bonds. The van der Waals surface area contributed by atoms with Crippen molar-refractivity contribution in [1.29, 1.82) is 0 Å². The molecule has 106 valence electrons. The van der Waals surface area contributed by atoms with Crippen LogP contribution in [0.5, 0.6) is 0 Å². The molecular weight excluding hydrogens is 280 g/mol. The van der Waals surface area contributed by atoms with Gasteiger partial charge in [0.2, 0.25) is 10.0 Å². The summed E-state index contributed by atoms with van der Waals surface area (Å²) in [4.78, 5) is 0.337. The van der Waals surface area contributed by atoms with E-state index in [1.807, 2.05) is 18.4 Å². The van der Waals surface area contributed by atoms with Gasteiger partial charge in [0.15, 0.2) is 0 Å². The number of thioether (sulfide) groups is 1. The highest BCUT2D eigenvalue weighted by molar-refractivity contribution is 7.98. The zero-order valence-electron chi connectivity index (χ0n) is 11.1. The second-order valence-electron chi connectivity index (χ2n) is 4.69. The topological polar surface area (TPSA) is 58.2 Å². The van der Waals surface area contributed by atoms with Crippen LogP contribution < -0.4 is 10.0 Å². The van der Waals surface area contributed by atoms with Crippen LogP contribution in [0.15, 0.2) is 29.2 Å². The fraction of sp³-hybridized carbons (Fsp3) is 0.538. The van der Waals surface area contributed by atoms with E-state index in [0.29, 0.717) is 17.5 Å². The summed E-state index contributed by atoms with van der Waals surface area (Å²) in [6, 6.07) is 7.75. The second kappa shape index (κ2) is 6.74. The maximum absolute atomic E-state index is 12.0. The average Bonchev–Trinajstić information content (AvgIpc) is 3.21. The maximum Gasteiger partial charge on any atom is 0.240 e. The van der Waals surface area contributed by atoms with Crippen molar-refractivity contribution >= 4 is 21.8 Å². The van der Waals surface area contributed by atoms with Crippen molar-refractivity contribution < 1.29 is 8.42 Å². The summed E-state index contributed by atoms with van der Waals surface area (Å²) in [6.45, 7) is 1.28. The zero-order chi connectivity index (χ0) is 13.7. The van der Waals surface area contributed by atoms with E-state index < -0.39 is 10.0 Å². The molecule has 0 unspecified atom stereocenters. The molecule has 6 heteroatoms. The molecule has 19 heavy (non-hydrogen) atoms. The molecule has 0 atom stereocenters. The largest absolute Gasteiger partial charge is 0.310 e. The quantitative estimate of drug-likeness (QED) is 0.716. The molecule has 1 fully saturated rings. The van der Waals surface area contributed by atoms with Crippen molar-refractivity contribution in [2.24, 2.45) is 0 Å². The molecule has 0 aromatic heterocycles. The van der Waals surface area contributed by atoms with Gasteiger partial charge in [-0.3, -0.25) is 0 Å². The second-order valence-corrected chi connectivity index (χ2v) is 7.44. The Morgan fingerprint density at radius 3 is 2.53 bits per heavy atom. The van der Waals surface area contributed by atoms with Gasteiger partial charge in [-0.25, -0.2) is 13.1 Å². The summed E-state index contributed by atoms with van der Waals surface area (Å²) in [5, 5.41) is 3.41. The monoisotopic (exact) mass is 300 g/mol. The van der Waals surface area contributed by atoms with E-state index in [9.17, 15) is 8.42 Å². The van der Waals surface area contributed by atoms with Crippen LogP contribution in [0.25, 0.3) is 0 Å². The minimum Gasteiger partial charge on any atom is -0.310 e. The van der Waals surface area contributed by atoms with Gasteiger partial charge in [0.05, 0.1) is 4.90 Å². The molecule has 2 N–H and O–H groups in total. The molecule has 2 rings (SSSR count). The zero-order valence-corrected chi connectivity index (χ0v) is 12.7. The molecule has 1 aliphatic rings. The van der Waals surface area contributed by atoms with Gasteiger partial charge in [-0.2, -0.15) is 11.8 Å². The van der Waals surface area contributed by atoms with Crippen LogP contribution >= 0.6 is 11.8 Å². The highest BCUT2D eigenvalue weighted by Crippen LogP contribution is 2.19. The van der Waals surface area contributed by atoms with E-state index in [2.05, 4.69) is 10.0 Å². The first-order chi connectivity index (χ1) is 9.12. The molecule has 4 nitrogen and oxygen atoms in total.